The van der Waals surface area contributed by atoms with Crippen molar-refractivity contribution in [3.8, 4) is 32.8 Å². The second-order valence-corrected chi connectivity index (χ2v) is 19.6. The smallest absolute Gasteiger partial charge is 0.162 e. The van der Waals surface area contributed by atoms with Gasteiger partial charge in [-0.05, 0) is 106 Å². The monoisotopic (exact) mass is 1010 g/mol. The summed E-state index contributed by atoms with van der Waals surface area (Å²) in [4.78, 5) is 18.0. The van der Waals surface area contributed by atoms with Gasteiger partial charge in [0, 0.05) is 59.5 Å². The molecule has 0 amide bonds. The van der Waals surface area contributed by atoms with E-state index in [1.54, 1.807) is 0 Å². The Hall–Kier alpha value is -3.89. The van der Waals surface area contributed by atoms with Crippen LogP contribution in [0.3, 0.4) is 0 Å². The molecule has 5 heteroatoms. The van der Waals surface area contributed by atoms with Gasteiger partial charge in [0.05, 0.1) is 5.76 Å². The molecule has 61 heavy (non-hydrogen) atoms. The van der Waals surface area contributed by atoms with E-state index in [-0.39, 0.29) is 48.9 Å². The average Bonchev–Trinajstić information content (AvgIpc) is 3.56. The molecule has 0 aliphatic heterocycles. The Morgan fingerprint density at radius 1 is 0.754 bits per heavy atom. The number of aliphatic hydroxyl groups is 1. The Morgan fingerprint density at radius 2 is 1.31 bits per heavy atom. The second-order valence-electron chi connectivity index (χ2n) is 18.6. The van der Waals surface area contributed by atoms with Crippen molar-refractivity contribution < 1.29 is 30.0 Å². The fraction of sp³-hybridized carbons (Fsp3) is 0.429. The molecule has 0 atom stereocenters. The number of pyridine rings is 1. The van der Waals surface area contributed by atoms with Gasteiger partial charge < -0.3 is 5.11 Å². The van der Waals surface area contributed by atoms with E-state index in [2.05, 4.69) is 148 Å². The Labute approximate surface area is 385 Å². The minimum Gasteiger partial charge on any atom is -0.512 e. The van der Waals surface area contributed by atoms with Crippen molar-refractivity contribution in [1.82, 2.24) is 4.98 Å². The molecule has 0 aliphatic carbocycles. The normalized spacial score (nSPS) is 12.2. The number of allylic oxidation sites excluding steroid dienone is 2. The van der Waals surface area contributed by atoms with Crippen LogP contribution in [0.25, 0.3) is 53.7 Å². The van der Waals surface area contributed by atoms with E-state index in [0.29, 0.717) is 17.8 Å². The van der Waals surface area contributed by atoms with Gasteiger partial charge in [0.15, 0.2) is 5.78 Å². The van der Waals surface area contributed by atoms with Crippen molar-refractivity contribution in [3.63, 3.8) is 0 Å². The summed E-state index contributed by atoms with van der Waals surface area (Å²) in [5.74, 6) is 1.97. The molecule has 2 aromatic heterocycles. The maximum absolute atomic E-state index is 11.7. The molecule has 327 valence electrons. The molecule has 0 saturated heterocycles. The number of hydrogen-bond acceptors (Lipinski definition) is 4. The number of benzene rings is 4. The van der Waals surface area contributed by atoms with Crippen molar-refractivity contribution in [3.05, 3.63) is 125 Å². The number of nitrogens with zero attached hydrogens (tertiary/aromatic N) is 1. The number of carbonyl (C=O) groups is 1. The minimum atomic E-state index is 0. The largest absolute Gasteiger partial charge is 0.512 e. The maximum Gasteiger partial charge on any atom is 0.162 e. The van der Waals surface area contributed by atoms with E-state index in [1.807, 2.05) is 45.2 Å². The zero-order valence-electron chi connectivity index (χ0n) is 39.3. The molecule has 6 aromatic rings. The summed E-state index contributed by atoms with van der Waals surface area (Å²) in [6.07, 6.45) is 6.87. The minimum absolute atomic E-state index is 0. The summed E-state index contributed by atoms with van der Waals surface area (Å²) >= 11 is 1.86. The fourth-order valence-corrected chi connectivity index (χ4v) is 9.76. The SMILES string of the molecule is CCC(CC)C(=O)/C=C(\O)C(CC)CC.Cc1c(-c2ccc(-c3c(C(C)C)cc(C(C)C)cc3C(C)C)cc2)sc2c(-c3[c-]c4ccccc4c(C(C)(C)C)c3)nccc12.[Ir]. The van der Waals surface area contributed by atoms with Gasteiger partial charge in [-0.1, -0.05) is 156 Å². The molecule has 1 N–H and O–H groups in total. The third kappa shape index (κ3) is 11.2. The van der Waals surface area contributed by atoms with Crippen LogP contribution in [-0.4, -0.2) is 15.9 Å². The van der Waals surface area contributed by atoms with Crippen molar-refractivity contribution in [2.75, 3.05) is 0 Å². The topological polar surface area (TPSA) is 50.2 Å². The fourth-order valence-electron chi connectivity index (χ4n) is 8.45. The van der Waals surface area contributed by atoms with Crippen molar-refractivity contribution in [1.29, 1.82) is 0 Å². The van der Waals surface area contributed by atoms with E-state index >= 15 is 0 Å². The molecule has 0 bridgehead atoms. The van der Waals surface area contributed by atoms with E-state index < -0.39 is 0 Å². The predicted octanol–water partition coefficient (Wildman–Crippen LogP) is 17.1. The number of aryl methyl sites for hydroxylation is 1. The zero-order chi connectivity index (χ0) is 44.1. The third-order valence-electron chi connectivity index (χ3n) is 12.3. The molecule has 0 aliphatic rings. The van der Waals surface area contributed by atoms with Gasteiger partial charge in [0.25, 0.3) is 0 Å². The number of aliphatic hydroxyl groups excluding tert-OH is 1. The average molecular weight is 1010 g/mol. The molecule has 2 heterocycles. The van der Waals surface area contributed by atoms with E-state index in [0.717, 1.165) is 42.3 Å². The van der Waals surface area contributed by atoms with E-state index in [4.69, 9.17) is 4.98 Å². The third-order valence-corrected chi connectivity index (χ3v) is 13.7. The van der Waals surface area contributed by atoms with Gasteiger partial charge in [-0.15, -0.1) is 40.5 Å². The number of aromatic nitrogens is 1. The summed E-state index contributed by atoms with van der Waals surface area (Å²) < 4.78 is 1.23. The summed E-state index contributed by atoms with van der Waals surface area (Å²) in [5.41, 5.74) is 13.1. The van der Waals surface area contributed by atoms with E-state index in [9.17, 15) is 9.90 Å². The van der Waals surface area contributed by atoms with Crippen LogP contribution in [0.15, 0.2) is 90.8 Å². The molecule has 6 rings (SSSR count). The molecule has 0 spiro atoms. The molecule has 1 radical (unpaired) electrons. The van der Waals surface area contributed by atoms with Gasteiger partial charge in [0.1, 0.15) is 0 Å². The van der Waals surface area contributed by atoms with Gasteiger partial charge in [-0.25, -0.2) is 0 Å². The number of ketones is 1. The van der Waals surface area contributed by atoms with Crippen LogP contribution < -0.4 is 0 Å². The van der Waals surface area contributed by atoms with Gasteiger partial charge in [0.2, 0.25) is 0 Å². The second kappa shape index (κ2) is 21.5. The predicted molar refractivity (Wildman–Crippen MR) is 262 cm³/mol. The van der Waals surface area contributed by atoms with Crippen LogP contribution in [-0.2, 0) is 30.3 Å². The molecule has 4 aromatic carbocycles. The maximum atomic E-state index is 11.7. The molecule has 3 nitrogen and oxygen atoms in total. The number of thiophene rings is 1. The van der Waals surface area contributed by atoms with Crippen LogP contribution >= 0.6 is 11.3 Å². The summed E-state index contributed by atoms with van der Waals surface area (Å²) in [5, 5.41) is 13.4. The number of carbonyl (C=O) groups excluding carboxylic acids is 1. The molecule has 0 unspecified atom stereocenters. The van der Waals surface area contributed by atoms with Crippen LogP contribution in [0, 0.1) is 24.8 Å². The first kappa shape index (κ1) is 49.8. The number of fused-ring (bicyclic) bond motifs is 2. The number of rotatable bonds is 13. The van der Waals surface area contributed by atoms with Crippen molar-refractivity contribution >= 4 is 38.0 Å². The first-order valence-corrected chi connectivity index (χ1v) is 23.3. The quantitative estimate of drug-likeness (QED) is 0.0712. The molecule has 0 saturated carbocycles. The van der Waals surface area contributed by atoms with Gasteiger partial charge in [-0.3, -0.25) is 9.78 Å². The van der Waals surface area contributed by atoms with Gasteiger partial charge in [-0.2, -0.15) is 0 Å². The Kier molecular flexibility index (Phi) is 17.5. The van der Waals surface area contributed by atoms with Crippen LogP contribution in [0.5, 0.6) is 0 Å². The van der Waals surface area contributed by atoms with Crippen LogP contribution in [0.1, 0.15) is 161 Å². The Bertz CT molecular complexity index is 2410. The Balaban J connectivity index is 0.000000439. The summed E-state index contributed by atoms with van der Waals surface area (Å²) in [6.45, 7) is 31.1. The van der Waals surface area contributed by atoms with Crippen LogP contribution in [0.4, 0.5) is 0 Å². The number of hydrogen-bond donors (Lipinski definition) is 1. The summed E-state index contributed by atoms with van der Waals surface area (Å²) in [6, 6.07) is 31.1. The first-order valence-electron chi connectivity index (χ1n) is 22.5. The van der Waals surface area contributed by atoms with Crippen LogP contribution in [0.2, 0.25) is 0 Å². The van der Waals surface area contributed by atoms with E-state index in [1.165, 1.54) is 70.9 Å². The molecular weight excluding hydrogens is 943 g/mol. The molecule has 0 fully saturated rings. The zero-order valence-corrected chi connectivity index (χ0v) is 42.6. The first-order chi connectivity index (χ1) is 28.4. The summed E-state index contributed by atoms with van der Waals surface area (Å²) in [7, 11) is 0. The van der Waals surface area contributed by atoms with Gasteiger partial charge >= 0.3 is 0 Å². The Morgan fingerprint density at radius 3 is 1.84 bits per heavy atom. The molecular formula is C56H70IrNO2S-. The standard InChI is InChI=1S/C43H46NS.C13H24O2.Ir/c1-25(2)32-22-36(26(3)4)39(37(23-32)27(5)6)29-15-17-30(18-16-29)41-28(7)34-19-20-44-40(42(34)45-41)33-21-31-13-11-12-14-35(31)38(24-33)43(8,9)10;1-5-10(6-2)12(14)9-13(15)11(7-3)8-4;/h11-20,22-27H,1-10H3;9-11,14H,5-8H2,1-4H3;/q-1;;/b;12-9-;. The van der Waals surface area contributed by atoms with Crippen molar-refractivity contribution in [2.24, 2.45) is 11.8 Å². The van der Waals surface area contributed by atoms with Crippen molar-refractivity contribution in [2.45, 2.75) is 146 Å².